The van der Waals surface area contributed by atoms with Gasteiger partial charge in [0.05, 0.1) is 18.9 Å². The zero-order valence-electron chi connectivity index (χ0n) is 13.9. The van der Waals surface area contributed by atoms with E-state index in [4.69, 9.17) is 9.47 Å². The first-order valence-corrected chi connectivity index (χ1v) is 8.28. The molecule has 0 saturated carbocycles. The van der Waals surface area contributed by atoms with Gasteiger partial charge in [0.2, 0.25) is 0 Å². The molecule has 1 fully saturated rings. The number of amides is 1. The molecule has 6 heteroatoms. The summed E-state index contributed by atoms with van der Waals surface area (Å²) < 4.78 is 23.9. The molecule has 1 amide bonds. The van der Waals surface area contributed by atoms with E-state index < -0.39 is 0 Å². The number of ether oxygens (including phenoxy) is 2. The molecule has 1 heterocycles. The van der Waals surface area contributed by atoms with E-state index in [-0.39, 0.29) is 18.3 Å². The molecule has 0 aliphatic carbocycles. The van der Waals surface area contributed by atoms with Gasteiger partial charge in [-0.25, -0.2) is 4.39 Å². The lowest BCUT2D eigenvalue weighted by molar-refractivity contribution is -0.137. The van der Waals surface area contributed by atoms with Crippen LogP contribution in [-0.2, 0) is 16.1 Å². The number of hydrogen-bond donors (Lipinski definition) is 1. The molecule has 0 aromatic heterocycles. The molecule has 0 atom stereocenters. The second kappa shape index (κ2) is 8.48. The monoisotopic (exact) mass is 344 g/mol. The average molecular weight is 344 g/mol. The van der Waals surface area contributed by atoms with Gasteiger partial charge in [0.15, 0.2) is 6.61 Å². The summed E-state index contributed by atoms with van der Waals surface area (Å²) in [6.07, 6.45) is 0. The van der Waals surface area contributed by atoms with Crippen molar-refractivity contribution in [3.05, 3.63) is 59.9 Å². The first kappa shape index (κ1) is 17.2. The van der Waals surface area contributed by atoms with E-state index >= 15 is 0 Å². The lowest BCUT2D eigenvalue weighted by Gasteiger charge is -2.26. The highest BCUT2D eigenvalue weighted by molar-refractivity contribution is 5.78. The first-order chi connectivity index (χ1) is 12.2. The van der Waals surface area contributed by atoms with Crippen molar-refractivity contribution in [2.45, 2.75) is 6.54 Å². The number of rotatable bonds is 6. The van der Waals surface area contributed by atoms with Crippen molar-refractivity contribution in [3.8, 4) is 5.75 Å². The fraction of sp³-hybridized carbons (Fsp3) is 0.316. The molecule has 5 nitrogen and oxygen atoms in total. The van der Waals surface area contributed by atoms with Crippen LogP contribution in [0.5, 0.6) is 5.75 Å². The summed E-state index contributed by atoms with van der Waals surface area (Å²) in [5, 5.41) is 3.26. The largest absolute Gasteiger partial charge is 0.482 e. The Labute approximate surface area is 146 Å². The smallest absolute Gasteiger partial charge is 0.260 e. The maximum atomic E-state index is 13.0. The van der Waals surface area contributed by atoms with Crippen molar-refractivity contribution >= 4 is 11.6 Å². The molecular weight excluding hydrogens is 323 g/mol. The number of para-hydroxylation sites is 2. The van der Waals surface area contributed by atoms with Crippen LogP contribution in [0.2, 0.25) is 0 Å². The third-order valence-electron chi connectivity index (χ3n) is 4.00. The van der Waals surface area contributed by atoms with E-state index in [1.54, 1.807) is 17.0 Å². The Hall–Kier alpha value is -2.60. The van der Waals surface area contributed by atoms with Crippen LogP contribution in [0.25, 0.3) is 0 Å². The highest BCUT2D eigenvalue weighted by Crippen LogP contribution is 2.24. The molecule has 2 aromatic carbocycles. The maximum absolute atomic E-state index is 13.0. The molecular formula is C19H21FN2O3. The number of morpholine rings is 1. The zero-order valence-corrected chi connectivity index (χ0v) is 13.9. The molecule has 1 N–H and O–H groups in total. The Balaban J connectivity index is 1.56. The van der Waals surface area contributed by atoms with Gasteiger partial charge < -0.3 is 19.7 Å². The van der Waals surface area contributed by atoms with Crippen LogP contribution in [-0.4, -0.2) is 43.7 Å². The first-order valence-electron chi connectivity index (χ1n) is 8.28. The van der Waals surface area contributed by atoms with E-state index in [1.807, 2.05) is 24.3 Å². The number of nitrogens with zero attached hydrogens (tertiary/aromatic N) is 1. The molecule has 0 radical (unpaired) electrons. The SMILES string of the molecule is O=C(COc1ccccc1NCc1ccc(F)cc1)N1CCOCC1. The normalized spacial score (nSPS) is 14.2. The van der Waals surface area contributed by atoms with Crippen molar-refractivity contribution in [1.82, 2.24) is 4.90 Å². The van der Waals surface area contributed by atoms with E-state index in [0.29, 0.717) is 38.6 Å². The number of benzene rings is 2. The fourth-order valence-corrected chi connectivity index (χ4v) is 2.58. The molecule has 1 aliphatic rings. The van der Waals surface area contributed by atoms with Crippen LogP contribution in [0.3, 0.4) is 0 Å². The minimum absolute atomic E-state index is 0.00472. The standard InChI is InChI=1S/C19H21FN2O3/c20-16-7-5-15(6-8-16)13-21-17-3-1-2-4-18(17)25-14-19(23)22-9-11-24-12-10-22/h1-8,21H,9-14H2. The third-order valence-corrected chi connectivity index (χ3v) is 4.00. The highest BCUT2D eigenvalue weighted by atomic mass is 19.1. The fourth-order valence-electron chi connectivity index (χ4n) is 2.58. The summed E-state index contributed by atoms with van der Waals surface area (Å²) in [5.41, 5.74) is 1.75. The molecule has 0 unspecified atom stereocenters. The van der Waals surface area contributed by atoms with Gasteiger partial charge in [-0.05, 0) is 29.8 Å². The van der Waals surface area contributed by atoms with E-state index in [9.17, 15) is 9.18 Å². The van der Waals surface area contributed by atoms with Crippen LogP contribution in [0.1, 0.15) is 5.56 Å². The predicted octanol–water partition coefficient (Wildman–Crippen LogP) is 2.68. The number of halogens is 1. The molecule has 3 rings (SSSR count). The van der Waals surface area contributed by atoms with E-state index in [1.165, 1.54) is 12.1 Å². The van der Waals surface area contributed by atoms with Gasteiger partial charge in [0, 0.05) is 19.6 Å². The average Bonchev–Trinajstić information content (AvgIpc) is 2.67. The van der Waals surface area contributed by atoms with Gasteiger partial charge in [0.1, 0.15) is 11.6 Å². The predicted molar refractivity (Wildman–Crippen MR) is 93.1 cm³/mol. The second-order valence-corrected chi connectivity index (χ2v) is 5.76. The highest BCUT2D eigenvalue weighted by Gasteiger charge is 2.17. The Morgan fingerprint density at radius 2 is 1.84 bits per heavy atom. The summed E-state index contributed by atoms with van der Waals surface area (Å²) in [6.45, 7) is 2.88. The molecule has 0 spiro atoms. The number of carbonyl (C=O) groups excluding carboxylic acids is 1. The van der Waals surface area contributed by atoms with Gasteiger partial charge in [-0.1, -0.05) is 24.3 Å². The number of anilines is 1. The van der Waals surface area contributed by atoms with Crippen LogP contribution in [0.15, 0.2) is 48.5 Å². The number of hydrogen-bond acceptors (Lipinski definition) is 4. The van der Waals surface area contributed by atoms with Gasteiger partial charge in [-0.2, -0.15) is 0 Å². The zero-order chi connectivity index (χ0) is 17.5. The van der Waals surface area contributed by atoms with E-state index in [0.717, 1.165) is 11.3 Å². The third kappa shape index (κ3) is 4.93. The van der Waals surface area contributed by atoms with E-state index in [2.05, 4.69) is 5.32 Å². The Kier molecular flexibility index (Phi) is 5.85. The van der Waals surface area contributed by atoms with Gasteiger partial charge in [-0.3, -0.25) is 4.79 Å². The summed E-state index contributed by atoms with van der Waals surface area (Å²) in [5.74, 6) is 0.317. The van der Waals surface area contributed by atoms with Gasteiger partial charge in [-0.15, -0.1) is 0 Å². The number of carbonyl (C=O) groups is 1. The van der Waals surface area contributed by atoms with Crippen molar-refractivity contribution in [2.75, 3.05) is 38.2 Å². The van der Waals surface area contributed by atoms with Crippen molar-refractivity contribution in [3.63, 3.8) is 0 Å². The summed E-state index contributed by atoms with van der Waals surface area (Å²) in [6, 6.07) is 13.8. The minimum atomic E-state index is -0.255. The minimum Gasteiger partial charge on any atom is -0.482 e. The van der Waals surface area contributed by atoms with Gasteiger partial charge >= 0.3 is 0 Å². The Morgan fingerprint density at radius 3 is 2.60 bits per heavy atom. The molecule has 25 heavy (non-hydrogen) atoms. The summed E-state index contributed by atoms with van der Waals surface area (Å²) in [4.78, 5) is 13.9. The quantitative estimate of drug-likeness (QED) is 0.875. The van der Waals surface area contributed by atoms with Crippen molar-refractivity contribution in [1.29, 1.82) is 0 Å². The molecule has 2 aromatic rings. The van der Waals surface area contributed by atoms with Crippen LogP contribution in [0, 0.1) is 5.82 Å². The lowest BCUT2D eigenvalue weighted by Crippen LogP contribution is -2.43. The summed E-state index contributed by atoms with van der Waals surface area (Å²) in [7, 11) is 0. The molecule has 0 bridgehead atoms. The maximum Gasteiger partial charge on any atom is 0.260 e. The van der Waals surface area contributed by atoms with Crippen LogP contribution in [0.4, 0.5) is 10.1 Å². The Morgan fingerprint density at radius 1 is 1.12 bits per heavy atom. The van der Waals surface area contributed by atoms with Gasteiger partial charge in [0.25, 0.3) is 5.91 Å². The Bertz CT molecular complexity index is 700. The van der Waals surface area contributed by atoms with Crippen LogP contribution < -0.4 is 10.1 Å². The molecule has 1 aliphatic heterocycles. The topological polar surface area (TPSA) is 50.8 Å². The molecule has 1 saturated heterocycles. The van der Waals surface area contributed by atoms with Crippen molar-refractivity contribution < 1.29 is 18.7 Å². The number of nitrogens with one attached hydrogen (secondary N) is 1. The van der Waals surface area contributed by atoms with Crippen LogP contribution >= 0.6 is 0 Å². The lowest BCUT2D eigenvalue weighted by atomic mass is 10.2. The van der Waals surface area contributed by atoms with Crippen molar-refractivity contribution in [2.24, 2.45) is 0 Å². The second-order valence-electron chi connectivity index (χ2n) is 5.76. The summed E-state index contributed by atoms with van der Waals surface area (Å²) >= 11 is 0. The molecule has 132 valence electrons.